The molecule has 2 rings (SSSR count). The Morgan fingerprint density at radius 1 is 1.24 bits per heavy atom. The van der Waals surface area contributed by atoms with E-state index in [0.29, 0.717) is 12.2 Å². The molecule has 2 aromatic rings. The zero-order valence-electron chi connectivity index (χ0n) is 12.0. The molecule has 110 valence electrons. The molecule has 0 N–H and O–H groups in total. The predicted octanol–water partition coefficient (Wildman–Crippen LogP) is 2.15. The number of thioether (sulfide) groups is 1. The standard InChI is InChI=1S/C15H17N3O2S/c1-4-10-21-15-17-16-13(11-14(19-2)20-3)18(15)12-8-6-5-7-9-12/h1,5-9,14H,10-11H2,2-3H3. The normalized spacial score (nSPS) is 10.8. The Morgan fingerprint density at radius 3 is 2.57 bits per heavy atom. The van der Waals surface area contributed by atoms with Crippen molar-refractivity contribution >= 4 is 11.8 Å². The molecule has 0 spiro atoms. The van der Waals surface area contributed by atoms with Crippen molar-refractivity contribution in [3.63, 3.8) is 0 Å². The van der Waals surface area contributed by atoms with E-state index in [1.807, 2.05) is 34.9 Å². The van der Waals surface area contributed by atoms with Crippen molar-refractivity contribution < 1.29 is 9.47 Å². The van der Waals surface area contributed by atoms with E-state index in [0.717, 1.165) is 16.7 Å². The number of nitrogens with zero attached hydrogens (tertiary/aromatic N) is 3. The van der Waals surface area contributed by atoms with Crippen molar-refractivity contribution in [2.75, 3.05) is 20.0 Å². The van der Waals surface area contributed by atoms with Crippen LogP contribution in [0.5, 0.6) is 0 Å². The Kier molecular flexibility index (Phi) is 5.81. The first kappa shape index (κ1) is 15.6. The van der Waals surface area contributed by atoms with Crippen LogP contribution in [-0.2, 0) is 15.9 Å². The van der Waals surface area contributed by atoms with E-state index in [2.05, 4.69) is 16.1 Å². The molecule has 1 heterocycles. The van der Waals surface area contributed by atoms with Crippen molar-refractivity contribution in [1.82, 2.24) is 14.8 Å². The summed E-state index contributed by atoms with van der Waals surface area (Å²) in [5.41, 5.74) is 0.989. The largest absolute Gasteiger partial charge is 0.355 e. The maximum atomic E-state index is 5.33. The van der Waals surface area contributed by atoms with E-state index in [-0.39, 0.29) is 6.29 Å². The number of para-hydroxylation sites is 1. The van der Waals surface area contributed by atoms with E-state index in [9.17, 15) is 0 Å². The van der Waals surface area contributed by atoms with Gasteiger partial charge in [0, 0.05) is 19.9 Å². The first-order valence-electron chi connectivity index (χ1n) is 6.41. The summed E-state index contributed by atoms with van der Waals surface area (Å²) in [7, 11) is 3.21. The van der Waals surface area contributed by atoms with E-state index >= 15 is 0 Å². The van der Waals surface area contributed by atoms with Gasteiger partial charge >= 0.3 is 0 Å². The average molecular weight is 303 g/mol. The van der Waals surface area contributed by atoms with Gasteiger partial charge in [0.2, 0.25) is 0 Å². The molecule has 0 radical (unpaired) electrons. The van der Waals surface area contributed by atoms with Crippen LogP contribution >= 0.6 is 11.8 Å². The quantitative estimate of drug-likeness (QED) is 0.446. The van der Waals surface area contributed by atoms with Gasteiger partial charge in [0.25, 0.3) is 0 Å². The Morgan fingerprint density at radius 2 is 1.95 bits per heavy atom. The molecule has 0 bridgehead atoms. The summed E-state index contributed by atoms with van der Waals surface area (Å²) in [5, 5.41) is 9.23. The zero-order valence-corrected chi connectivity index (χ0v) is 12.8. The monoisotopic (exact) mass is 303 g/mol. The Bertz CT molecular complexity index is 603. The van der Waals surface area contributed by atoms with Crippen molar-refractivity contribution in [3.8, 4) is 18.0 Å². The summed E-state index contributed by atoms with van der Waals surface area (Å²) in [5.74, 6) is 3.92. The molecule has 1 aromatic heterocycles. The van der Waals surface area contributed by atoms with Gasteiger partial charge in [-0.25, -0.2) is 0 Å². The highest BCUT2D eigenvalue weighted by Crippen LogP contribution is 2.22. The summed E-state index contributed by atoms with van der Waals surface area (Å²) < 4.78 is 12.5. The van der Waals surface area contributed by atoms with E-state index in [4.69, 9.17) is 15.9 Å². The summed E-state index contributed by atoms with van der Waals surface area (Å²) in [6, 6.07) is 9.91. The van der Waals surface area contributed by atoms with Crippen LogP contribution in [0.4, 0.5) is 0 Å². The van der Waals surface area contributed by atoms with Crippen molar-refractivity contribution in [3.05, 3.63) is 36.2 Å². The third-order valence-corrected chi connectivity index (χ3v) is 3.71. The van der Waals surface area contributed by atoms with Gasteiger partial charge in [-0.1, -0.05) is 35.9 Å². The van der Waals surface area contributed by atoms with E-state index in [1.54, 1.807) is 14.2 Å². The average Bonchev–Trinajstić information content (AvgIpc) is 2.93. The van der Waals surface area contributed by atoms with Crippen LogP contribution in [0.2, 0.25) is 0 Å². The molecule has 1 aromatic carbocycles. The second-order valence-corrected chi connectivity index (χ2v) is 5.11. The molecule has 0 atom stereocenters. The fourth-order valence-corrected chi connectivity index (χ4v) is 2.53. The number of hydrogen-bond donors (Lipinski definition) is 0. The Hall–Kier alpha value is -1.81. The minimum atomic E-state index is -0.359. The van der Waals surface area contributed by atoms with Crippen LogP contribution in [0.15, 0.2) is 35.5 Å². The first-order valence-corrected chi connectivity index (χ1v) is 7.40. The van der Waals surface area contributed by atoms with E-state index in [1.165, 1.54) is 11.8 Å². The minimum Gasteiger partial charge on any atom is -0.355 e. The molecule has 0 saturated carbocycles. The number of rotatable bonds is 7. The maximum Gasteiger partial charge on any atom is 0.196 e. The van der Waals surface area contributed by atoms with Gasteiger partial charge in [-0.05, 0) is 12.1 Å². The molecule has 0 aliphatic rings. The van der Waals surface area contributed by atoms with Gasteiger partial charge in [-0.2, -0.15) is 0 Å². The maximum absolute atomic E-state index is 5.33. The molecule has 0 saturated heterocycles. The topological polar surface area (TPSA) is 49.2 Å². The lowest BCUT2D eigenvalue weighted by atomic mass is 10.3. The third kappa shape index (κ3) is 3.85. The van der Waals surface area contributed by atoms with Crippen molar-refractivity contribution in [2.24, 2.45) is 0 Å². The fourth-order valence-electron chi connectivity index (χ4n) is 1.88. The minimum absolute atomic E-state index is 0.359. The number of ether oxygens (including phenoxy) is 2. The number of aromatic nitrogens is 3. The molecule has 0 aliphatic carbocycles. The lowest BCUT2D eigenvalue weighted by Gasteiger charge is -2.14. The SMILES string of the molecule is C#CCSc1nnc(CC(OC)OC)n1-c1ccccc1. The number of hydrogen-bond acceptors (Lipinski definition) is 5. The summed E-state index contributed by atoms with van der Waals surface area (Å²) >= 11 is 1.48. The fraction of sp³-hybridized carbons (Fsp3) is 0.333. The Labute approximate surface area is 128 Å². The van der Waals surface area contributed by atoms with Crippen LogP contribution in [0, 0.1) is 12.3 Å². The molecule has 21 heavy (non-hydrogen) atoms. The third-order valence-electron chi connectivity index (χ3n) is 2.87. The molecule has 0 amide bonds. The molecule has 0 aliphatic heterocycles. The van der Waals surface area contributed by atoms with Gasteiger partial charge in [0.05, 0.1) is 12.2 Å². The highest BCUT2D eigenvalue weighted by molar-refractivity contribution is 7.99. The lowest BCUT2D eigenvalue weighted by molar-refractivity contribution is -0.101. The lowest BCUT2D eigenvalue weighted by Crippen LogP contribution is -2.19. The first-order chi connectivity index (χ1) is 10.3. The van der Waals surface area contributed by atoms with Crippen LogP contribution in [0.25, 0.3) is 5.69 Å². The summed E-state index contributed by atoms with van der Waals surface area (Å²) in [4.78, 5) is 0. The summed E-state index contributed by atoms with van der Waals surface area (Å²) in [6.45, 7) is 0. The van der Waals surface area contributed by atoms with Gasteiger partial charge in [-0.15, -0.1) is 16.6 Å². The van der Waals surface area contributed by atoms with Gasteiger partial charge in [0.1, 0.15) is 5.82 Å². The molecular formula is C15H17N3O2S. The number of methoxy groups -OCH3 is 2. The second kappa shape index (κ2) is 7.84. The highest BCUT2D eigenvalue weighted by Gasteiger charge is 2.18. The molecule has 6 heteroatoms. The second-order valence-electron chi connectivity index (χ2n) is 4.17. The molecule has 5 nitrogen and oxygen atoms in total. The van der Waals surface area contributed by atoms with Crippen LogP contribution < -0.4 is 0 Å². The van der Waals surface area contributed by atoms with Crippen molar-refractivity contribution in [1.29, 1.82) is 0 Å². The van der Waals surface area contributed by atoms with Crippen molar-refractivity contribution in [2.45, 2.75) is 17.9 Å². The summed E-state index contributed by atoms with van der Waals surface area (Å²) in [6.07, 6.45) is 5.47. The van der Waals surface area contributed by atoms with Gasteiger partial charge in [0.15, 0.2) is 11.4 Å². The highest BCUT2D eigenvalue weighted by atomic mass is 32.2. The Balaban J connectivity index is 2.37. The van der Waals surface area contributed by atoms with Crippen LogP contribution in [0.1, 0.15) is 5.82 Å². The van der Waals surface area contributed by atoms with Crippen LogP contribution in [-0.4, -0.2) is 41.0 Å². The van der Waals surface area contributed by atoms with Gasteiger partial charge < -0.3 is 9.47 Å². The smallest absolute Gasteiger partial charge is 0.196 e. The zero-order chi connectivity index (χ0) is 15.1. The van der Waals surface area contributed by atoms with Crippen LogP contribution in [0.3, 0.4) is 0 Å². The molecule has 0 unspecified atom stereocenters. The number of benzene rings is 1. The molecule has 0 fully saturated rings. The molecular weight excluding hydrogens is 286 g/mol. The van der Waals surface area contributed by atoms with Gasteiger partial charge in [-0.3, -0.25) is 4.57 Å². The predicted molar refractivity (Wildman–Crippen MR) is 82.4 cm³/mol. The van der Waals surface area contributed by atoms with E-state index < -0.39 is 0 Å². The number of terminal acetylenes is 1.